The third kappa shape index (κ3) is 3.02. The third-order valence-electron chi connectivity index (χ3n) is 5.48. The SMILES string of the molecule is Cc1cccc(Cn2c(=O)c3ccccc3n3c(=S)sc(-c4ccccc4C)c23)c1. The number of thiazole rings is 1. The van der Waals surface area contributed by atoms with E-state index in [9.17, 15) is 4.79 Å². The second-order valence-corrected chi connectivity index (χ2v) is 9.21. The molecule has 0 N–H and O–H groups in total. The van der Waals surface area contributed by atoms with Gasteiger partial charge in [-0.15, -0.1) is 11.3 Å². The van der Waals surface area contributed by atoms with Crippen molar-refractivity contribution in [1.29, 1.82) is 0 Å². The van der Waals surface area contributed by atoms with Crippen LogP contribution in [0.4, 0.5) is 0 Å². The van der Waals surface area contributed by atoms with Crippen LogP contribution in [0.2, 0.25) is 0 Å². The maximum Gasteiger partial charge on any atom is 0.261 e. The minimum Gasteiger partial charge on any atom is -0.288 e. The van der Waals surface area contributed by atoms with E-state index in [0.717, 1.165) is 31.1 Å². The Kier molecular flexibility index (Phi) is 4.65. The number of hydrogen-bond acceptors (Lipinski definition) is 3. The molecule has 0 bridgehead atoms. The van der Waals surface area contributed by atoms with Gasteiger partial charge in [0, 0.05) is 0 Å². The van der Waals surface area contributed by atoms with Crippen LogP contribution in [0.25, 0.3) is 27.0 Å². The van der Waals surface area contributed by atoms with Gasteiger partial charge in [-0.3, -0.25) is 13.8 Å². The highest BCUT2D eigenvalue weighted by Gasteiger charge is 2.19. The molecule has 2 heterocycles. The van der Waals surface area contributed by atoms with Gasteiger partial charge in [0.05, 0.1) is 22.3 Å². The van der Waals surface area contributed by atoms with Gasteiger partial charge in [-0.05, 0) is 54.9 Å². The Balaban J connectivity index is 1.93. The average Bonchev–Trinajstić information content (AvgIpc) is 3.08. The molecule has 0 fully saturated rings. The molecule has 0 saturated carbocycles. The molecular weight excluding hydrogens is 408 g/mol. The molecule has 0 saturated heterocycles. The second kappa shape index (κ2) is 7.35. The summed E-state index contributed by atoms with van der Waals surface area (Å²) < 4.78 is 4.69. The minimum absolute atomic E-state index is 0.00902. The first-order chi connectivity index (χ1) is 14.5. The summed E-state index contributed by atoms with van der Waals surface area (Å²) in [6.45, 7) is 4.67. The Labute approximate surface area is 183 Å². The van der Waals surface area contributed by atoms with Gasteiger partial charge in [0.15, 0.2) is 3.95 Å². The van der Waals surface area contributed by atoms with Crippen molar-refractivity contribution >= 4 is 40.1 Å². The normalized spacial score (nSPS) is 11.4. The molecular formula is C25H20N2OS2. The first-order valence-corrected chi connectivity index (χ1v) is 11.1. The Hall–Kier alpha value is -3.02. The molecule has 2 aromatic heterocycles. The first-order valence-electron chi connectivity index (χ1n) is 9.83. The number of hydrogen-bond donors (Lipinski definition) is 0. The van der Waals surface area contributed by atoms with Crippen molar-refractivity contribution in [3.8, 4) is 10.4 Å². The summed E-state index contributed by atoms with van der Waals surface area (Å²) in [7, 11) is 0. The molecule has 3 nitrogen and oxygen atoms in total. The predicted octanol–water partition coefficient (Wildman–Crippen LogP) is 6.38. The van der Waals surface area contributed by atoms with E-state index in [2.05, 4.69) is 48.6 Å². The van der Waals surface area contributed by atoms with E-state index >= 15 is 0 Å². The zero-order chi connectivity index (χ0) is 20.8. The van der Waals surface area contributed by atoms with Crippen molar-refractivity contribution in [2.45, 2.75) is 20.4 Å². The van der Waals surface area contributed by atoms with Crippen molar-refractivity contribution in [2.75, 3.05) is 0 Å². The van der Waals surface area contributed by atoms with Crippen LogP contribution >= 0.6 is 23.6 Å². The topological polar surface area (TPSA) is 26.4 Å². The predicted molar refractivity (Wildman–Crippen MR) is 128 cm³/mol. The van der Waals surface area contributed by atoms with Crippen molar-refractivity contribution in [3.05, 3.63) is 104 Å². The van der Waals surface area contributed by atoms with Gasteiger partial charge in [-0.25, -0.2) is 0 Å². The molecule has 148 valence electrons. The summed E-state index contributed by atoms with van der Waals surface area (Å²) >= 11 is 7.36. The molecule has 0 aliphatic carbocycles. The zero-order valence-electron chi connectivity index (χ0n) is 16.8. The van der Waals surface area contributed by atoms with Gasteiger partial charge in [-0.1, -0.05) is 66.2 Å². The maximum absolute atomic E-state index is 13.6. The smallest absolute Gasteiger partial charge is 0.261 e. The highest BCUT2D eigenvalue weighted by atomic mass is 32.1. The summed E-state index contributed by atoms with van der Waals surface area (Å²) in [5, 5.41) is 0.683. The lowest BCUT2D eigenvalue weighted by Crippen LogP contribution is -2.23. The summed E-state index contributed by atoms with van der Waals surface area (Å²) in [4.78, 5) is 14.7. The van der Waals surface area contributed by atoms with E-state index in [4.69, 9.17) is 12.2 Å². The molecule has 0 amide bonds. The van der Waals surface area contributed by atoms with Gasteiger partial charge in [0.2, 0.25) is 0 Å². The van der Waals surface area contributed by atoms with Crippen LogP contribution in [0.3, 0.4) is 0 Å². The highest BCUT2D eigenvalue weighted by molar-refractivity contribution is 7.73. The van der Waals surface area contributed by atoms with Crippen LogP contribution < -0.4 is 5.56 Å². The van der Waals surface area contributed by atoms with E-state index < -0.39 is 0 Å². The van der Waals surface area contributed by atoms with Crippen LogP contribution in [-0.2, 0) is 6.54 Å². The van der Waals surface area contributed by atoms with Gasteiger partial charge >= 0.3 is 0 Å². The molecule has 0 spiro atoms. The lowest BCUT2D eigenvalue weighted by Gasteiger charge is -2.14. The van der Waals surface area contributed by atoms with E-state index in [1.807, 2.05) is 47.0 Å². The van der Waals surface area contributed by atoms with Crippen LogP contribution in [0, 0.1) is 17.8 Å². The number of para-hydroxylation sites is 1. The Morgan fingerprint density at radius 3 is 2.50 bits per heavy atom. The van der Waals surface area contributed by atoms with Gasteiger partial charge in [0.25, 0.3) is 5.56 Å². The van der Waals surface area contributed by atoms with Crippen LogP contribution in [-0.4, -0.2) is 8.97 Å². The zero-order valence-corrected chi connectivity index (χ0v) is 18.4. The fourth-order valence-electron chi connectivity index (χ4n) is 4.06. The first kappa shape index (κ1) is 19.0. The number of benzene rings is 3. The molecule has 0 unspecified atom stereocenters. The van der Waals surface area contributed by atoms with Crippen LogP contribution in [0.15, 0.2) is 77.6 Å². The van der Waals surface area contributed by atoms with Gasteiger partial charge in [-0.2, -0.15) is 0 Å². The molecule has 5 heteroatoms. The van der Waals surface area contributed by atoms with Crippen molar-refractivity contribution in [2.24, 2.45) is 0 Å². The lowest BCUT2D eigenvalue weighted by atomic mass is 10.1. The third-order valence-corrected chi connectivity index (χ3v) is 6.87. The molecule has 5 rings (SSSR count). The fraction of sp³-hybridized carbons (Fsp3) is 0.120. The van der Waals surface area contributed by atoms with Crippen molar-refractivity contribution in [3.63, 3.8) is 0 Å². The second-order valence-electron chi connectivity index (χ2n) is 7.57. The van der Waals surface area contributed by atoms with E-state index in [0.29, 0.717) is 11.9 Å². The number of nitrogens with zero attached hydrogens (tertiary/aromatic N) is 2. The van der Waals surface area contributed by atoms with E-state index in [-0.39, 0.29) is 5.56 Å². The number of aryl methyl sites for hydroxylation is 2. The molecule has 0 atom stereocenters. The summed E-state index contributed by atoms with van der Waals surface area (Å²) in [6, 6.07) is 24.3. The summed E-state index contributed by atoms with van der Waals surface area (Å²) in [6.07, 6.45) is 0. The van der Waals surface area contributed by atoms with Crippen molar-refractivity contribution in [1.82, 2.24) is 8.97 Å². The molecule has 0 aliphatic rings. The van der Waals surface area contributed by atoms with Gasteiger partial charge < -0.3 is 0 Å². The number of fused-ring (bicyclic) bond motifs is 3. The van der Waals surface area contributed by atoms with Gasteiger partial charge in [0.1, 0.15) is 5.65 Å². The monoisotopic (exact) mass is 428 g/mol. The van der Waals surface area contributed by atoms with E-state index in [1.54, 1.807) is 11.3 Å². The molecule has 0 aliphatic heterocycles. The van der Waals surface area contributed by atoms with E-state index in [1.165, 1.54) is 11.1 Å². The lowest BCUT2D eigenvalue weighted by molar-refractivity contribution is 0.780. The Morgan fingerprint density at radius 1 is 0.933 bits per heavy atom. The molecule has 3 aromatic carbocycles. The van der Waals surface area contributed by atoms with Crippen LogP contribution in [0.5, 0.6) is 0 Å². The fourth-order valence-corrected chi connectivity index (χ4v) is 5.57. The number of rotatable bonds is 3. The highest BCUT2D eigenvalue weighted by Crippen LogP contribution is 2.35. The average molecular weight is 429 g/mol. The summed E-state index contributed by atoms with van der Waals surface area (Å²) in [5.74, 6) is 0. The Bertz CT molecular complexity index is 1540. The quantitative estimate of drug-likeness (QED) is 0.312. The maximum atomic E-state index is 13.6. The van der Waals surface area contributed by atoms with Crippen LogP contribution in [0.1, 0.15) is 16.7 Å². The standard InChI is InChI=1S/C25H20N2OS2/c1-16-8-7-10-18(14-16)15-26-23-22(19-11-4-3-9-17(19)2)30-25(29)27(23)21-13-6-5-12-20(21)24(26)28/h3-14H,15H2,1-2H3. The summed E-state index contributed by atoms with van der Waals surface area (Å²) in [5.41, 5.74) is 6.29. The van der Waals surface area contributed by atoms with Crippen molar-refractivity contribution < 1.29 is 0 Å². The molecule has 30 heavy (non-hydrogen) atoms. The molecule has 0 radical (unpaired) electrons. The Morgan fingerprint density at radius 2 is 1.70 bits per heavy atom. The largest absolute Gasteiger partial charge is 0.288 e. The minimum atomic E-state index is 0.00902. The number of aromatic nitrogens is 2. The molecule has 5 aromatic rings.